The highest BCUT2D eigenvalue weighted by atomic mass is 32.2. The summed E-state index contributed by atoms with van der Waals surface area (Å²) in [6.07, 6.45) is 0. The average Bonchev–Trinajstić information content (AvgIpc) is 3.22. The van der Waals surface area contributed by atoms with E-state index in [4.69, 9.17) is 9.47 Å². The molecule has 0 atom stereocenters. The molecule has 0 saturated heterocycles. The van der Waals surface area contributed by atoms with Gasteiger partial charge in [0.15, 0.2) is 11.0 Å². The molecule has 0 fully saturated rings. The Kier molecular flexibility index (Phi) is 6.57. The number of thioether (sulfide) groups is 1. The number of nitrogens with one attached hydrogen (secondary N) is 2. The molecule has 1 aromatic heterocycles. The van der Waals surface area contributed by atoms with Gasteiger partial charge in [0.1, 0.15) is 16.4 Å². The first-order valence-corrected chi connectivity index (χ1v) is 12.3. The van der Waals surface area contributed by atoms with Crippen molar-refractivity contribution in [1.82, 2.24) is 4.98 Å². The molecule has 4 rings (SSSR count). The normalized spacial score (nSPS) is 11.3. The summed E-state index contributed by atoms with van der Waals surface area (Å²) in [5, 5.41) is 3.12. The standard InChI is InChI=1S/C23H21N3O5S2/c1-30-17-12-16(13-18(14-17)31-2)24-22(27)15-32-23-25-20-10-6-7-11-21(20)26(23)33(28,29)19-8-4-3-5-9-19/h3-14H,15H2,1-2H3,(H,24,27)/p+1. The van der Waals surface area contributed by atoms with Crippen LogP contribution in [-0.4, -0.2) is 39.3 Å². The molecule has 1 amide bonds. The van der Waals surface area contributed by atoms with Gasteiger partial charge >= 0.3 is 15.2 Å². The van der Waals surface area contributed by atoms with Crippen molar-refractivity contribution in [3.63, 3.8) is 0 Å². The number of hydrogen-bond acceptors (Lipinski definition) is 6. The van der Waals surface area contributed by atoms with E-state index in [1.54, 1.807) is 66.7 Å². The summed E-state index contributed by atoms with van der Waals surface area (Å²) in [6, 6.07) is 20.3. The van der Waals surface area contributed by atoms with Gasteiger partial charge in [-0.25, -0.2) is 4.98 Å². The van der Waals surface area contributed by atoms with Gasteiger partial charge in [-0.15, -0.1) is 3.97 Å². The first-order valence-electron chi connectivity index (χ1n) is 9.91. The zero-order valence-corrected chi connectivity index (χ0v) is 19.6. The van der Waals surface area contributed by atoms with Gasteiger partial charge in [0.25, 0.3) is 0 Å². The van der Waals surface area contributed by atoms with Gasteiger partial charge in [-0.05, 0) is 36.0 Å². The van der Waals surface area contributed by atoms with E-state index in [-0.39, 0.29) is 16.6 Å². The number of imidazole rings is 1. The van der Waals surface area contributed by atoms with Crippen molar-refractivity contribution in [3.8, 4) is 11.5 Å². The number of methoxy groups -OCH3 is 2. The van der Waals surface area contributed by atoms with Crippen LogP contribution in [0.4, 0.5) is 5.69 Å². The third-order valence-corrected chi connectivity index (χ3v) is 7.61. The molecule has 8 nitrogen and oxygen atoms in total. The van der Waals surface area contributed by atoms with Crippen molar-refractivity contribution in [2.24, 2.45) is 0 Å². The minimum atomic E-state index is -3.88. The van der Waals surface area contributed by atoms with Gasteiger partial charge in [0.05, 0.1) is 20.0 Å². The Morgan fingerprint density at radius 1 is 0.970 bits per heavy atom. The lowest BCUT2D eigenvalue weighted by molar-refractivity contribution is -0.526. The second-order valence-electron chi connectivity index (χ2n) is 6.97. The van der Waals surface area contributed by atoms with Crippen molar-refractivity contribution in [3.05, 3.63) is 72.8 Å². The van der Waals surface area contributed by atoms with Gasteiger partial charge in [-0.2, -0.15) is 8.42 Å². The summed E-state index contributed by atoms with van der Waals surface area (Å²) in [5.41, 5.74) is 1.66. The van der Waals surface area contributed by atoms with Gasteiger partial charge in [-0.3, -0.25) is 4.79 Å². The molecule has 0 aliphatic carbocycles. The summed E-state index contributed by atoms with van der Waals surface area (Å²) < 4.78 is 38.5. The number of carbonyl (C=O) groups is 1. The third-order valence-electron chi connectivity index (χ3n) is 4.81. The summed E-state index contributed by atoms with van der Waals surface area (Å²) in [7, 11) is -0.826. The predicted octanol–water partition coefficient (Wildman–Crippen LogP) is 3.44. The maximum atomic E-state index is 13.4. The number of nitrogens with zero attached hydrogens (tertiary/aromatic N) is 1. The Morgan fingerprint density at radius 2 is 1.61 bits per heavy atom. The molecule has 33 heavy (non-hydrogen) atoms. The van der Waals surface area contributed by atoms with E-state index in [0.717, 1.165) is 11.8 Å². The molecule has 3 aromatic carbocycles. The largest absolute Gasteiger partial charge is 0.497 e. The molecule has 0 aliphatic heterocycles. The van der Waals surface area contributed by atoms with Gasteiger partial charge < -0.3 is 14.8 Å². The number of anilines is 1. The molecule has 170 valence electrons. The van der Waals surface area contributed by atoms with Crippen LogP contribution in [0.1, 0.15) is 0 Å². The number of ether oxygens (including phenoxy) is 2. The molecule has 0 spiro atoms. The molecule has 0 radical (unpaired) electrons. The highest BCUT2D eigenvalue weighted by Crippen LogP contribution is 2.26. The molecule has 0 aliphatic rings. The smallest absolute Gasteiger partial charge is 0.336 e. The summed E-state index contributed by atoms with van der Waals surface area (Å²) in [4.78, 5) is 15.9. The number of carbonyl (C=O) groups excluding carboxylic acids is 1. The van der Waals surface area contributed by atoms with Crippen LogP contribution in [0.5, 0.6) is 11.5 Å². The quantitative estimate of drug-likeness (QED) is 0.294. The number of amides is 1. The second-order valence-corrected chi connectivity index (χ2v) is 9.72. The minimum Gasteiger partial charge on any atom is -0.497 e. The van der Waals surface area contributed by atoms with Crippen LogP contribution in [0.2, 0.25) is 0 Å². The van der Waals surface area contributed by atoms with Gasteiger partial charge in [0, 0.05) is 23.9 Å². The Morgan fingerprint density at radius 3 is 2.27 bits per heavy atom. The van der Waals surface area contributed by atoms with E-state index in [1.165, 1.54) is 18.2 Å². The molecule has 1 heterocycles. The number of H-pyrrole nitrogens is 1. The lowest BCUT2D eigenvalue weighted by Gasteiger charge is -2.09. The number of hydrogen-bond donors (Lipinski definition) is 2. The zero-order chi connectivity index (χ0) is 23.4. The summed E-state index contributed by atoms with van der Waals surface area (Å²) >= 11 is 1.10. The topological polar surface area (TPSA) is 101 Å². The van der Waals surface area contributed by atoms with Crippen molar-refractivity contribution >= 4 is 44.4 Å². The van der Waals surface area contributed by atoms with E-state index >= 15 is 0 Å². The molecule has 4 aromatic rings. The summed E-state index contributed by atoms with van der Waals surface area (Å²) in [6.45, 7) is 0. The van der Waals surface area contributed by atoms with E-state index in [1.807, 2.05) is 6.07 Å². The molecule has 10 heteroatoms. The van der Waals surface area contributed by atoms with Crippen LogP contribution < -0.4 is 18.8 Å². The Bertz CT molecular complexity index is 1380. The monoisotopic (exact) mass is 484 g/mol. The van der Waals surface area contributed by atoms with E-state index < -0.39 is 10.0 Å². The minimum absolute atomic E-state index is 0.0172. The number of rotatable bonds is 8. The van der Waals surface area contributed by atoms with E-state index in [9.17, 15) is 13.2 Å². The maximum Gasteiger partial charge on any atom is 0.336 e. The van der Waals surface area contributed by atoms with E-state index in [0.29, 0.717) is 33.4 Å². The molecule has 2 N–H and O–H groups in total. The highest BCUT2D eigenvalue weighted by Gasteiger charge is 2.31. The summed E-state index contributed by atoms with van der Waals surface area (Å²) in [5.74, 6) is 0.758. The fourth-order valence-corrected chi connectivity index (χ4v) is 5.86. The number of benzene rings is 3. The first kappa shape index (κ1) is 22.7. The number of aromatic nitrogens is 2. The zero-order valence-electron chi connectivity index (χ0n) is 17.9. The van der Waals surface area contributed by atoms with Crippen LogP contribution in [0.15, 0.2) is 82.8 Å². The van der Waals surface area contributed by atoms with Gasteiger partial charge in [0.2, 0.25) is 5.91 Å². The predicted molar refractivity (Wildman–Crippen MR) is 126 cm³/mol. The molecular formula is C23H22N3O5S2+. The van der Waals surface area contributed by atoms with Crippen LogP contribution in [0.25, 0.3) is 11.0 Å². The Labute approximate surface area is 195 Å². The Balaban J connectivity index is 1.61. The SMILES string of the molecule is COc1cc(NC(=O)CSc2[nH]c3ccccc3[n+]2S(=O)(=O)c2ccccc2)cc(OC)c1. The highest BCUT2D eigenvalue weighted by molar-refractivity contribution is 8.00. The van der Waals surface area contributed by atoms with Crippen molar-refractivity contribution in [2.45, 2.75) is 10.1 Å². The second kappa shape index (κ2) is 9.55. The molecule has 0 saturated carbocycles. The maximum absolute atomic E-state index is 13.4. The molecule has 0 bridgehead atoms. The average molecular weight is 485 g/mol. The van der Waals surface area contributed by atoms with Crippen LogP contribution in [-0.2, 0) is 14.8 Å². The first-order chi connectivity index (χ1) is 15.9. The van der Waals surface area contributed by atoms with Crippen LogP contribution in [0.3, 0.4) is 0 Å². The number of para-hydroxylation sites is 2. The fourth-order valence-electron chi connectivity index (χ4n) is 3.27. The number of fused-ring (bicyclic) bond motifs is 1. The lowest BCUT2D eigenvalue weighted by atomic mass is 10.2. The lowest BCUT2D eigenvalue weighted by Crippen LogP contribution is -2.44. The van der Waals surface area contributed by atoms with Crippen molar-refractivity contribution in [1.29, 1.82) is 0 Å². The van der Waals surface area contributed by atoms with Crippen molar-refractivity contribution in [2.75, 3.05) is 25.3 Å². The van der Waals surface area contributed by atoms with Crippen LogP contribution in [0, 0.1) is 0 Å². The van der Waals surface area contributed by atoms with Gasteiger partial charge in [-0.1, -0.05) is 30.3 Å². The van der Waals surface area contributed by atoms with Crippen LogP contribution >= 0.6 is 11.8 Å². The Hall–Kier alpha value is -3.50. The number of aromatic amines is 1. The molecule has 0 unspecified atom stereocenters. The van der Waals surface area contributed by atoms with Crippen molar-refractivity contribution < 1.29 is 26.7 Å². The van der Waals surface area contributed by atoms with E-state index in [2.05, 4.69) is 10.3 Å². The fraction of sp³-hybridized carbons (Fsp3) is 0.130. The molecular weight excluding hydrogens is 462 g/mol. The third kappa shape index (κ3) is 4.81.